The van der Waals surface area contributed by atoms with Gasteiger partial charge < -0.3 is 4.98 Å². The van der Waals surface area contributed by atoms with Crippen LogP contribution in [0, 0.1) is 0 Å². The predicted octanol–water partition coefficient (Wildman–Crippen LogP) is 3.87. The Bertz CT molecular complexity index is 622. The smallest absolute Gasteiger partial charge is 0.265 e. The SMILES string of the molecule is CCSc1ccc(-c2nc(CC)c(Br)c(=O)[nH]2)cc1. The summed E-state index contributed by atoms with van der Waals surface area (Å²) in [6.45, 7) is 4.11. The molecule has 1 heterocycles. The van der Waals surface area contributed by atoms with Crippen molar-refractivity contribution in [3.63, 3.8) is 0 Å². The molecule has 100 valence electrons. The number of rotatable bonds is 4. The van der Waals surface area contributed by atoms with Gasteiger partial charge in [-0.2, -0.15) is 0 Å². The molecule has 19 heavy (non-hydrogen) atoms. The fraction of sp³-hybridized carbons (Fsp3) is 0.286. The molecule has 1 aromatic carbocycles. The summed E-state index contributed by atoms with van der Waals surface area (Å²) in [5.41, 5.74) is 1.58. The lowest BCUT2D eigenvalue weighted by Gasteiger charge is -2.06. The van der Waals surface area contributed by atoms with E-state index in [0.29, 0.717) is 10.3 Å². The average Bonchev–Trinajstić information content (AvgIpc) is 2.43. The highest BCUT2D eigenvalue weighted by Gasteiger charge is 2.08. The molecule has 0 bridgehead atoms. The summed E-state index contributed by atoms with van der Waals surface area (Å²) in [6.07, 6.45) is 0.723. The number of H-pyrrole nitrogens is 1. The van der Waals surface area contributed by atoms with Crippen LogP contribution in [0.5, 0.6) is 0 Å². The lowest BCUT2D eigenvalue weighted by Crippen LogP contribution is -2.13. The third kappa shape index (κ3) is 3.28. The van der Waals surface area contributed by atoms with E-state index >= 15 is 0 Å². The molecule has 0 unspecified atom stereocenters. The minimum atomic E-state index is -0.131. The van der Waals surface area contributed by atoms with E-state index in [9.17, 15) is 4.79 Å². The molecule has 1 N–H and O–H groups in total. The van der Waals surface area contributed by atoms with Gasteiger partial charge in [-0.05, 0) is 40.2 Å². The summed E-state index contributed by atoms with van der Waals surface area (Å²) in [5.74, 6) is 1.67. The van der Waals surface area contributed by atoms with Crippen LogP contribution in [0.15, 0.2) is 38.4 Å². The van der Waals surface area contributed by atoms with E-state index in [1.54, 1.807) is 11.8 Å². The van der Waals surface area contributed by atoms with Crippen LogP contribution in [0.1, 0.15) is 19.5 Å². The summed E-state index contributed by atoms with van der Waals surface area (Å²) in [4.78, 5) is 20.3. The van der Waals surface area contributed by atoms with Gasteiger partial charge in [-0.1, -0.05) is 26.0 Å². The van der Waals surface area contributed by atoms with Gasteiger partial charge in [0, 0.05) is 10.5 Å². The Morgan fingerprint density at radius 2 is 1.95 bits per heavy atom. The third-order valence-corrected chi connectivity index (χ3v) is 4.42. The fourth-order valence-electron chi connectivity index (χ4n) is 1.75. The van der Waals surface area contributed by atoms with Gasteiger partial charge in [-0.3, -0.25) is 4.79 Å². The van der Waals surface area contributed by atoms with E-state index < -0.39 is 0 Å². The second-order valence-electron chi connectivity index (χ2n) is 3.99. The summed E-state index contributed by atoms with van der Waals surface area (Å²) < 4.78 is 0.525. The van der Waals surface area contributed by atoms with Crippen molar-refractivity contribution in [1.82, 2.24) is 9.97 Å². The zero-order chi connectivity index (χ0) is 13.8. The first-order valence-corrected chi connectivity index (χ1v) is 7.95. The standard InChI is InChI=1S/C14H15BrN2OS/c1-3-11-12(15)14(18)17-13(16-11)9-5-7-10(8-6-9)19-4-2/h5-8H,3-4H2,1-2H3,(H,16,17,18). The number of halogens is 1. The molecule has 0 aliphatic heterocycles. The second kappa shape index (κ2) is 6.39. The normalized spacial score (nSPS) is 10.7. The number of aromatic amines is 1. The van der Waals surface area contributed by atoms with Gasteiger partial charge >= 0.3 is 0 Å². The first-order chi connectivity index (χ1) is 9.15. The molecule has 0 saturated carbocycles. The van der Waals surface area contributed by atoms with Crippen molar-refractivity contribution in [3.05, 3.63) is 44.8 Å². The van der Waals surface area contributed by atoms with Gasteiger partial charge in [0.1, 0.15) is 10.3 Å². The van der Waals surface area contributed by atoms with Crippen LogP contribution in [0.2, 0.25) is 0 Å². The molecule has 0 saturated heterocycles. The molecular weight excluding hydrogens is 324 g/mol. The molecule has 0 aliphatic carbocycles. The summed E-state index contributed by atoms with van der Waals surface area (Å²) in [5, 5.41) is 0. The second-order valence-corrected chi connectivity index (χ2v) is 6.12. The van der Waals surface area contributed by atoms with E-state index in [2.05, 4.69) is 45.0 Å². The van der Waals surface area contributed by atoms with Crippen LogP contribution < -0.4 is 5.56 Å². The van der Waals surface area contributed by atoms with Crippen LogP contribution in [-0.2, 0) is 6.42 Å². The van der Waals surface area contributed by atoms with Crippen molar-refractivity contribution < 1.29 is 0 Å². The first kappa shape index (κ1) is 14.3. The number of nitrogens with one attached hydrogen (secondary N) is 1. The first-order valence-electron chi connectivity index (χ1n) is 6.17. The zero-order valence-corrected chi connectivity index (χ0v) is 13.3. The van der Waals surface area contributed by atoms with Crippen molar-refractivity contribution in [2.75, 3.05) is 5.75 Å². The molecule has 0 fully saturated rings. The van der Waals surface area contributed by atoms with Crippen molar-refractivity contribution in [2.24, 2.45) is 0 Å². The molecule has 2 rings (SSSR count). The number of aryl methyl sites for hydroxylation is 1. The highest BCUT2D eigenvalue weighted by Crippen LogP contribution is 2.22. The molecule has 1 aromatic heterocycles. The number of hydrogen-bond acceptors (Lipinski definition) is 3. The van der Waals surface area contributed by atoms with Crippen LogP contribution in [0.4, 0.5) is 0 Å². The van der Waals surface area contributed by atoms with Crippen molar-refractivity contribution in [1.29, 1.82) is 0 Å². The van der Waals surface area contributed by atoms with E-state index in [-0.39, 0.29) is 5.56 Å². The van der Waals surface area contributed by atoms with Crippen LogP contribution in [0.25, 0.3) is 11.4 Å². The maximum atomic E-state index is 11.8. The van der Waals surface area contributed by atoms with Gasteiger partial charge in [-0.15, -0.1) is 11.8 Å². The van der Waals surface area contributed by atoms with Gasteiger partial charge in [0.25, 0.3) is 5.56 Å². The summed E-state index contributed by atoms with van der Waals surface area (Å²) >= 11 is 5.06. The maximum absolute atomic E-state index is 11.8. The Hall–Kier alpha value is -1.07. The number of aromatic nitrogens is 2. The topological polar surface area (TPSA) is 45.8 Å². The summed E-state index contributed by atoms with van der Waals surface area (Å²) in [7, 11) is 0. The fourth-order valence-corrected chi connectivity index (χ4v) is 2.88. The van der Waals surface area contributed by atoms with E-state index in [1.807, 2.05) is 19.1 Å². The number of hydrogen-bond donors (Lipinski definition) is 1. The quantitative estimate of drug-likeness (QED) is 0.860. The monoisotopic (exact) mass is 338 g/mol. The average molecular weight is 339 g/mol. The highest BCUT2D eigenvalue weighted by atomic mass is 79.9. The minimum Gasteiger partial charge on any atom is -0.306 e. The van der Waals surface area contributed by atoms with Gasteiger partial charge in [-0.25, -0.2) is 4.98 Å². The highest BCUT2D eigenvalue weighted by molar-refractivity contribution is 9.10. The van der Waals surface area contributed by atoms with Crippen molar-refractivity contribution >= 4 is 27.7 Å². The number of benzene rings is 1. The molecular formula is C14H15BrN2OS. The van der Waals surface area contributed by atoms with Crippen molar-refractivity contribution in [3.8, 4) is 11.4 Å². The maximum Gasteiger partial charge on any atom is 0.265 e. The molecule has 0 spiro atoms. The zero-order valence-electron chi connectivity index (χ0n) is 10.9. The Balaban J connectivity index is 2.41. The van der Waals surface area contributed by atoms with Crippen LogP contribution >= 0.6 is 27.7 Å². The van der Waals surface area contributed by atoms with Crippen LogP contribution in [-0.4, -0.2) is 15.7 Å². The molecule has 0 radical (unpaired) electrons. The van der Waals surface area contributed by atoms with Gasteiger partial charge in [0.2, 0.25) is 0 Å². The number of thioether (sulfide) groups is 1. The lowest BCUT2D eigenvalue weighted by atomic mass is 10.2. The minimum absolute atomic E-state index is 0.131. The Morgan fingerprint density at radius 3 is 2.53 bits per heavy atom. The van der Waals surface area contributed by atoms with E-state index in [0.717, 1.165) is 23.4 Å². The molecule has 3 nitrogen and oxygen atoms in total. The predicted molar refractivity (Wildman–Crippen MR) is 83.8 cm³/mol. The van der Waals surface area contributed by atoms with Gasteiger partial charge in [0.05, 0.1) is 5.69 Å². The largest absolute Gasteiger partial charge is 0.306 e. The Morgan fingerprint density at radius 1 is 1.26 bits per heavy atom. The molecule has 5 heteroatoms. The molecule has 0 amide bonds. The molecule has 2 aromatic rings. The van der Waals surface area contributed by atoms with Crippen molar-refractivity contribution in [2.45, 2.75) is 25.2 Å². The third-order valence-electron chi connectivity index (χ3n) is 2.71. The van der Waals surface area contributed by atoms with E-state index in [1.165, 1.54) is 4.90 Å². The lowest BCUT2D eigenvalue weighted by molar-refractivity contribution is 0.970. The number of nitrogens with zero attached hydrogens (tertiary/aromatic N) is 1. The summed E-state index contributed by atoms with van der Waals surface area (Å²) in [6, 6.07) is 8.08. The van der Waals surface area contributed by atoms with Gasteiger partial charge in [0.15, 0.2) is 0 Å². The molecule has 0 aliphatic rings. The molecule has 0 atom stereocenters. The Labute approximate surface area is 125 Å². The Kier molecular flexibility index (Phi) is 4.82. The van der Waals surface area contributed by atoms with Crippen LogP contribution in [0.3, 0.4) is 0 Å². The van der Waals surface area contributed by atoms with E-state index in [4.69, 9.17) is 0 Å².